The summed E-state index contributed by atoms with van der Waals surface area (Å²) < 4.78 is 0. The fraction of sp³-hybridized carbons (Fsp3) is 0.250. The molecule has 0 aromatic carbocycles. The zero-order valence-electron chi connectivity index (χ0n) is 4.78. The van der Waals surface area contributed by atoms with Crippen molar-refractivity contribution in [2.24, 2.45) is 0 Å². The van der Waals surface area contributed by atoms with E-state index in [9.17, 15) is 0 Å². The Morgan fingerprint density at radius 2 is 2.38 bits per heavy atom. The molecule has 0 heterocycles. The molecule has 0 nitrogen and oxygen atoms in total. The van der Waals surface area contributed by atoms with Crippen molar-refractivity contribution in [2.75, 3.05) is 0 Å². The first-order chi connectivity index (χ1) is 3.86. The van der Waals surface area contributed by atoms with Gasteiger partial charge in [-0.05, 0) is 24.0 Å². The Kier molecular flexibility index (Phi) is 0.587. The third-order valence-corrected chi connectivity index (χ3v) is 1.82. The van der Waals surface area contributed by atoms with Gasteiger partial charge in [-0.2, -0.15) is 0 Å². The van der Waals surface area contributed by atoms with Crippen molar-refractivity contribution < 1.29 is 0 Å². The van der Waals surface area contributed by atoms with Crippen LogP contribution in [-0.2, 0) is 0 Å². The van der Waals surface area contributed by atoms with Crippen LogP contribution in [0.25, 0.3) is 0 Å². The third-order valence-electron chi connectivity index (χ3n) is 1.82. The molecule has 40 valence electrons. The minimum Gasteiger partial charge on any atom is -0.0915 e. The van der Waals surface area contributed by atoms with Gasteiger partial charge in [0.1, 0.15) is 0 Å². The summed E-state index contributed by atoms with van der Waals surface area (Å²) in [7, 11) is 0. The van der Waals surface area contributed by atoms with Crippen molar-refractivity contribution in [2.45, 2.75) is 12.8 Å². The number of hydrogen-bond acceptors (Lipinski definition) is 0. The Labute approximate surface area is 49.2 Å². The average Bonchev–Trinajstić information content (AvgIpc) is 2.23. The molecule has 8 heavy (non-hydrogen) atoms. The molecule has 0 radical (unpaired) electrons. The summed E-state index contributed by atoms with van der Waals surface area (Å²) in [4.78, 5) is 0. The van der Waals surface area contributed by atoms with Gasteiger partial charge in [-0.1, -0.05) is 24.3 Å². The Balaban J connectivity index is 2.54. The summed E-state index contributed by atoms with van der Waals surface area (Å²) in [5, 5.41) is 0. The molecule has 0 spiro atoms. The van der Waals surface area contributed by atoms with Gasteiger partial charge in [0.2, 0.25) is 0 Å². The van der Waals surface area contributed by atoms with Crippen LogP contribution < -0.4 is 0 Å². The zero-order chi connectivity index (χ0) is 5.56. The fourth-order valence-corrected chi connectivity index (χ4v) is 1.34. The third kappa shape index (κ3) is 0.353. The molecule has 0 atom stereocenters. The molecule has 0 saturated heterocycles. The molecule has 0 heteroatoms. The number of fused-ring (bicyclic) bond motifs is 2. The van der Waals surface area contributed by atoms with Gasteiger partial charge in [-0.3, -0.25) is 0 Å². The van der Waals surface area contributed by atoms with Gasteiger partial charge in [-0.25, -0.2) is 0 Å². The molecule has 2 aliphatic rings. The molecule has 0 unspecified atom stereocenters. The Morgan fingerprint density at radius 3 is 2.62 bits per heavy atom. The highest BCUT2D eigenvalue weighted by Gasteiger charge is 2.17. The molecule has 0 saturated carbocycles. The lowest BCUT2D eigenvalue weighted by Crippen LogP contribution is -1.72. The molecule has 0 amide bonds. The van der Waals surface area contributed by atoms with E-state index in [2.05, 4.69) is 18.7 Å². The van der Waals surface area contributed by atoms with E-state index in [4.69, 9.17) is 0 Å². The van der Waals surface area contributed by atoms with Crippen LogP contribution in [0.2, 0.25) is 0 Å². The second-order valence-electron chi connectivity index (χ2n) is 2.44. The SMILES string of the molecule is C=C1C=C2CC=C1C2. The number of rotatable bonds is 0. The van der Waals surface area contributed by atoms with E-state index < -0.39 is 0 Å². The standard InChI is InChI=1S/C8H8/c1-6-4-7-2-3-8(6)5-7/h3-4H,1-2,5H2. The molecular formula is C8H8. The Morgan fingerprint density at radius 1 is 1.50 bits per heavy atom. The van der Waals surface area contributed by atoms with Crippen LogP contribution in [0.3, 0.4) is 0 Å². The highest BCUT2D eigenvalue weighted by molar-refractivity contribution is 5.53. The minimum atomic E-state index is 1.19. The number of allylic oxidation sites excluding steroid dienone is 5. The van der Waals surface area contributed by atoms with Crippen LogP contribution in [0.1, 0.15) is 12.8 Å². The van der Waals surface area contributed by atoms with E-state index in [1.807, 2.05) is 0 Å². The normalized spacial score (nSPS) is 23.8. The summed E-state index contributed by atoms with van der Waals surface area (Å²) in [5.74, 6) is 0. The van der Waals surface area contributed by atoms with Crippen LogP contribution >= 0.6 is 0 Å². The highest BCUT2D eigenvalue weighted by atomic mass is 14.2. The van der Waals surface area contributed by atoms with Crippen molar-refractivity contribution >= 4 is 0 Å². The molecule has 2 aliphatic carbocycles. The second kappa shape index (κ2) is 1.13. The van der Waals surface area contributed by atoms with Crippen LogP contribution in [-0.4, -0.2) is 0 Å². The molecule has 0 fully saturated rings. The maximum atomic E-state index is 3.89. The monoisotopic (exact) mass is 104 g/mol. The lowest BCUT2D eigenvalue weighted by Gasteiger charge is -1.92. The lowest BCUT2D eigenvalue weighted by molar-refractivity contribution is 1.21. The molecule has 0 aromatic rings. The van der Waals surface area contributed by atoms with E-state index in [0.29, 0.717) is 0 Å². The molecule has 0 aromatic heterocycles. The first-order valence-electron chi connectivity index (χ1n) is 2.94. The van der Waals surface area contributed by atoms with Gasteiger partial charge >= 0.3 is 0 Å². The number of hydrogen-bond donors (Lipinski definition) is 0. The largest absolute Gasteiger partial charge is 0.0915 e. The predicted molar refractivity (Wildman–Crippen MR) is 34.5 cm³/mol. The molecule has 0 aliphatic heterocycles. The molecular weight excluding hydrogens is 96.1 g/mol. The first kappa shape index (κ1) is 4.13. The second-order valence-corrected chi connectivity index (χ2v) is 2.44. The van der Waals surface area contributed by atoms with Crippen LogP contribution in [0.4, 0.5) is 0 Å². The topological polar surface area (TPSA) is 0 Å². The van der Waals surface area contributed by atoms with Crippen LogP contribution in [0, 0.1) is 0 Å². The van der Waals surface area contributed by atoms with Crippen molar-refractivity contribution in [3.05, 3.63) is 35.5 Å². The Bertz CT molecular complexity index is 204. The van der Waals surface area contributed by atoms with E-state index in [1.54, 1.807) is 5.57 Å². The predicted octanol–water partition coefficient (Wildman–Crippen LogP) is 2.20. The van der Waals surface area contributed by atoms with E-state index in [-0.39, 0.29) is 0 Å². The van der Waals surface area contributed by atoms with Gasteiger partial charge in [0.05, 0.1) is 0 Å². The van der Waals surface area contributed by atoms with Crippen molar-refractivity contribution in [1.29, 1.82) is 0 Å². The van der Waals surface area contributed by atoms with Gasteiger partial charge in [-0.15, -0.1) is 0 Å². The smallest absolute Gasteiger partial charge is 0.00580 e. The van der Waals surface area contributed by atoms with Crippen LogP contribution in [0.5, 0.6) is 0 Å². The molecule has 2 bridgehead atoms. The summed E-state index contributed by atoms with van der Waals surface area (Å²) in [6.45, 7) is 3.89. The summed E-state index contributed by atoms with van der Waals surface area (Å²) in [5.41, 5.74) is 4.25. The summed E-state index contributed by atoms with van der Waals surface area (Å²) >= 11 is 0. The van der Waals surface area contributed by atoms with Crippen LogP contribution in [0.15, 0.2) is 35.5 Å². The van der Waals surface area contributed by atoms with Gasteiger partial charge in [0, 0.05) is 0 Å². The average molecular weight is 104 g/mol. The maximum absolute atomic E-state index is 3.89. The van der Waals surface area contributed by atoms with Gasteiger partial charge < -0.3 is 0 Å². The van der Waals surface area contributed by atoms with E-state index in [0.717, 1.165) is 0 Å². The highest BCUT2D eigenvalue weighted by Crippen LogP contribution is 2.36. The maximum Gasteiger partial charge on any atom is -0.00580 e. The summed E-state index contributed by atoms with van der Waals surface area (Å²) in [6.07, 6.45) is 6.86. The van der Waals surface area contributed by atoms with Crippen molar-refractivity contribution in [3.63, 3.8) is 0 Å². The molecule has 2 rings (SSSR count). The summed E-state index contributed by atoms with van der Waals surface area (Å²) in [6, 6.07) is 0. The van der Waals surface area contributed by atoms with Crippen molar-refractivity contribution in [1.82, 2.24) is 0 Å². The Hall–Kier alpha value is -0.780. The van der Waals surface area contributed by atoms with Gasteiger partial charge in [0.15, 0.2) is 0 Å². The minimum absolute atomic E-state index is 1.19. The van der Waals surface area contributed by atoms with E-state index in [1.165, 1.54) is 24.0 Å². The zero-order valence-corrected chi connectivity index (χ0v) is 4.78. The fourth-order valence-electron chi connectivity index (χ4n) is 1.34. The molecule has 0 N–H and O–H groups in total. The van der Waals surface area contributed by atoms with E-state index >= 15 is 0 Å². The van der Waals surface area contributed by atoms with Gasteiger partial charge in [0.25, 0.3) is 0 Å². The van der Waals surface area contributed by atoms with Crippen molar-refractivity contribution in [3.8, 4) is 0 Å². The first-order valence-corrected chi connectivity index (χ1v) is 2.94. The quantitative estimate of drug-likeness (QED) is 0.442. The lowest BCUT2D eigenvalue weighted by atomic mass is 10.1.